The van der Waals surface area contributed by atoms with Gasteiger partial charge in [0, 0.05) is 12.5 Å². The molecule has 0 radical (unpaired) electrons. The molecule has 1 atom stereocenters. The zero-order valence-electron chi connectivity index (χ0n) is 12.6. The van der Waals surface area contributed by atoms with Crippen molar-refractivity contribution in [1.29, 1.82) is 0 Å². The van der Waals surface area contributed by atoms with E-state index in [0.29, 0.717) is 12.2 Å². The van der Waals surface area contributed by atoms with Gasteiger partial charge in [-0.2, -0.15) is 0 Å². The van der Waals surface area contributed by atoms with Crippen LogP contribution in [0.25, 0.3) is 0 Å². The third-order valence-corrected chi connectivity index (χ3v) is 2.36. The summed E-state index contributed by atoms with van der Waals surface area (Å²) in [7, 11) is 0. The second kappa shape index (κ2) is 6.54. The molecule has 1 aromatic heterocycles. The lowest BCUT2D eigenvalue weighted by Gasteiger charge is -2.21. The molecule has 0 N–H and O–H groups in total. The van der Waals surface area contributed by atoms with Crippen molar-refractivity contribution < 1.29 is 23.6 Å². The van der Waals surface area contributed by atoms with Gasteiger partial charge < -0.3 is 14.0 Å². The summed E-state index contributed by atoms with van der Waals surface area (Å²) in [5.41, 5.74) is -0.415. The third-order valence-electron chi connectivity index (χ3n) is 2.36. The molecule has 0 saturated heterocycles. The summed E-state index contributed by atoms with van der Waals surface area (Å²) in [5, 5.41) is 3.62. The van der Waals surface area contributed by atoms with Gasteiger partial charge in [0.1, 0.15) is 11.4 Å². The fourth-order valence-electron chi connectivity index (χ4n) is 1.50. The first-order valence-corrected chi connectivity index (χ1v) is 6.58. The predicted octanol–water partition coefficient (Wildman–Crippen LogP) is 2.37. The molecule has 112 valence electrons. The van der Waals surface area contributed by atoms with Crippen LogP contribution in [0.5, 0.6) is 0 Å². The fraction of sp³-hybridized carbons (Fsp3) is 0.643. The maximum atomic E-state index is 11.8. The number of carbonyl (C=O) groups excluding carboxylic acids is 2. The van der Waals surface area contributed by atoms with E-state index in [2.05, 4.69) is 5.16 Å². The molecular formula is C14H21NO5. The van der Waals surface area contributed by atoms with Crippen LogP contribution in [0.1, 0.15) is 50.9 Å². The molecule has 0 fully saturated rings. The van der Waals surface area contributed by atoms with Crippen molar-refractivity contribution >= 4 is 11.9 Å². The molecule has 1 rings (SSSR count). The number of hydrogen-bond donors (Lipinski definition) is 0. The van der Waals surface area contributed by atoms with E-state index >= 15 is 0 Å². The Morgan fingerprint density at radius 2 is 2.05 bits per heavy atom. The van der Waals surface area contributed by atoms with E-state index in [9.17, 15) is 9.59 Å². The van der Waals surface area contributed by atoms with Gasteiger partial charge >= 0.3 is 11.9 Å². The van der Waals surface area contributed by atoms with Crippen LogP contribution in [-0.2, 0) is 20.7 Å². The first-order chi connectivity index (χ1) is 9.23. The topological polar surface area (TPSA) is 78.6 Å². The number of rotatable bonds is 5. The van der Waals surface area contributed by atoms with Gasteiger partial charge in [-0.15, -0.1) is 0 Å². The van der Waals surface area contributed by atoms with E-state index in [0.717, 1.165) is 0 Å². The zero-order chi connectivity index (χ0) is 15.3. The van der Waals surface area contributed by atoms with E-state index in [1.807, 2.05) is 20.8 Å². The number of nitrogens with zero attached hydrogens (tertiary/aromatic N) is 1. The van der Waals surface area contributed by atoms with Crippen LogP contribution in [0.4, 0.5) is 0 Å². The third kappa shape index (κ3) is 5.03. The standard InChI is InChI=1S/C14H21NO5/c1-6-18-13(17)11-8-10(20-15-11)7-9(2)12(16)19-14(3,4)5/h8-9H,6-7H2,1-5H3/t9-/m0/s1. The Kier molecular flexibility index (Phi) is 5.30. The number of esters is 2. The summed E-state index contributed by atoms with van der Waals surface area (Å²) < 4.78 is 15.1. The summed E-state index contributed by atoms with van der Waals surface area (Å²) in [6.07, 6.45) is 0.321. The van der Waals surface area contributed by atoms with E-state index in [1.54, 1.807) is 13.8 Å². The summed E-state index contributed by atoms with van der Waals surface area (Å²) in [6, 6.07) is 1.48. The first kappa shape index (κ1) is 16.2. The minimum Gasteiger partial charge on any atom is -0.461 e. The molecule has 0 unspecified atom stereocenters. The SMILES string of the molecule is CCOC(=O)c1cc(C[C@H](C)C(=O)OC(C)(C)C)on1. The molecule has 0 aliphatic heterocycles. The predicted molar refractivity (Wildman–Crippen MR) is 71.2 cm³/mol. The van der Waals surface area contributed by atoms with Crippen molar-refractivity contribution in [2.24, 2.45) is 5.92 Å². The Morgan fingerprint density at radius 1 is 1.40 bits per heavy atom. The van der Waals surface area contributed by atoms with E-state index in [-0.39, 0.29) is 24.2 Å². The fourth-order valence-corrected chi connectivity index (χ4v) is 1.50. The van der Waals surface area contributed by atoms with Crippen molar-refractivity contribution in [3.05, 3.63) is 17.5 Å². The van der Waals surface area contributed by atoms with E-state index < -0.39 is 11.6 Å². The monoisotopic (exact) mass is 283 g/mol. The minimum atomic E-state index is -0.535. The zero-order valence-corrected chi connectivity index (χ0v) is 12.6. The van der Waals surface area contributed by atoms with Gasteiger partial charge in [-0.1, -0.05) is 12.1 Å². The maximum absolute atomic E-state index is 11.8. The van der Waals surface area contributed by atoms with Gasteiger partial charge in [0.05, 0.1) is 12.5 Å². The molecule has 0 amide bonds. The van der Waals surface area contributed by atoms with Gasteiger partial charge in [-0.3, -0.25) is 4.79 Å². The Balaban J connectivity index is 2.60. The van der Waals surface area contributed by atoms with Crippen molar-refractivity contribution in [3.8, 4) is 0 Å². The Morgan fingerprint density at radius 3 is 2.60 bits per heavy atom. The van der Waals surface area contributed by atoms with Crippen LogP contribution < -0.4 is 0 Å². The number of ether oxygens (including phenoxy) is 2. The van der Waals surface area contributed by atoms with Crippen molar-refractivity contribution in [2.45, 2.75) is 46.6 Å². The highest BCUT2D eigenvalue weighted by molar-refractivity contribution is 5.87. The highest BCUT2D eigenvalue weighted by atomic mass is 16.6. The molecule has 0 aliphatic carbocycles. The summed E-state index contributed by atoms with van der Waals surface area (Å²) >= 11 is 0. The second-order valence-electron chi connectivity index (χ2n) is 5.54. The van der Waals surface area contributed by atoms with Crippen LogP contribution in [0.15, 0.2) is 10.6 Å². The molecule has 0 aliphatic rings. The van der Waals surface area contributed by atoms with Gasteiger partial charge in [-0.05, 0) is 27.7 Å². The van der Waals surface area contributed by atoms with E-state index in [4.69, 9.17) is 14.0 Å². The van der Waals surface area contributed by atoms with Gasteiger partial charge in [0.15, 0.2) is 5.69 Å². The second-order valence-corrected chi connectivity index (χ2v) is 5.54. The molecule has 0 saturated carbocycles. The van der Waals surface area contributed by atoms with Crippen LogP contribution in [0.2, 0.25) is 0 Å². The normalized spacial score (nSPS) is 12.8. The average Bonchev–Trinajstić information content (AvgIpc) is 2.75. The number of carbonyl (C=O) groups is 2. The summed E-state index contributed by atoms with van der Waals surface area (Å²) in [6.45, 7) is 9.15. The van der Waals surface area contributed by atoms with Crippen molar-refractivity contribution in [3.63, 3.8) is 0 Å². The smallest absolute Gasteiger partial charge is 0.360 e. The summed E-state index contributed by atoms with van der Waals surface area (Å²) in [4.78, 5) is 23.3. The lowest BCUT2D eigenvalue weighted by atomic mass is 10.1. The highest BCUT2D eigenvalue weighted by Crippen LogP contribution is 2.16. The molecule has 0 bridgehead atoms. The Hall–Kier alpha value is -1.85. The molecule has 20 heavy (non-hydrogen) atoms. The van der Waals surface area contributed by atoms with Crippen LogP contribution in [-0.4, -0.2) is 29.3 Å². The molecule has 1 heterocycles. The lowest BCUT2D eigenvalue weighted by molar-refractivity contribution is -0.159. The summed E-state index contributed by atoms with van der Waals surface area (Å²) in [5.74, 6) is -0.775. The number of aromatic nitrogens is 1. The van der Waals surface area contributed by atoms with Crippen molar-refractivity contribution in [1.82, 2.24) is 5.16 Å². The van der Waals surface area contributed by atoms with E-state index in [1.165, 1.54) is 6.07 Å². The molecular weight excluding hydrogens is 262 g/mol. The van der Waals surface area contributed by atoms with Crippen LogP contribution in [0, 0.1) is 5.92 Å². The van der Waals surface area contributed by atoms with Crippen molar-refractivity contribution in [2.75, 3.05) is 6.61 Å². The minimum absolute atomic E-state index is 0.109. The maximum Gasteiger partial charge on any atom is 0.360 e. The largest absolute Gasteiger partial charge is 0.461 e. The molecule has 6 nitrogen and oxygen atoms in total. The van der Waals surface area contributed by atoms with Gasteiger partial charge in [0.25, 0.3) is 0 Å². The molecule has 6 heteroatoms. The number of hydrogen-bond acceptors (Lipinski definition) is 6. The van der Waals surface area contributed by atoms with Crippen LogP contribution in [0.3, 0.4) is 0 Å². The quantitative estimate of drug-likeness (QED) is 0.772. The average molecular weight is 283 g/mol. The Labute approximate surface area is 118 Å². The van der Waals surface area contributed by atoms with Gasteiger partial charge in [-0.25, -0.2) is 4.79 Å². The Bertz CT molecular complexity index is 472. The molecule has 0 aromatic carbocycles. The van der Waals surface area contributed by atoms with Crippen LogP contribution >= 0.6 is 0 Å². The lowest BCUT2D eigenvalue weighted by Crippen LogP contribution is -2.28. The molecule has 1 aromatic rings. The van der Waals surface area contributed by atoms with Gasteiger partial charge in [0.2, 0.25) is 0 Å². The molecule has 0 spiro atoms. The highest BCUT2D eigenvalue weighted by Gasteiger charge is 2.24. The first-order valence-electron chi connectivity index (χ1n) is 6.58.